The van der Waals surface area contributed by atoms with Crippen LogP contribution in [0.3, 0.4) is 0 Å². The minimum atomic E-state index is -3.03. The standard InChI is InChI=1S/C14H19N3O5S2/c1-22-8-7-16(13-6-9-24(20,21)10-13)14(23)15-11-2-4-12(5-3-11)17(18)19/h2-5,13H,6-10H2,1H3,(H,15,23)/t13-/m0/s1. The smallest absolute Gasteiger partial charge is 0.269 e. The van der Waals surface area contributed by atoms with Gasteiger partial charge in [0, 0.05) is 37.5 Å². The molecule has 0 saturated carbocycles. The second kappa shape index (κ2) is 7.86. The highest BCUT2D eigenvalue weighted by Gasteiger charge is 2.33. The fraction of sp³-hybridized carbons (Fsp3) is 0.500. The summed E-state index contributed by atoms with van der Waals surface area (Å²) in [5.74, 6) is 0.222. The zero-order chi connectivity index (χ0) is 17.7. The number of ether oxygens (including phenoxy) is 1. The normalized spacial score (nSPS) is 19.0. The number of benzene rings is 1. The number of nitro benzene ring substituents is 1. The average Bonchev–Trinajstić information content (AvgIpc) is 2.88. The van der Waals surface area contributed by atoms with E-state index in [9.17, 15) is 18.5 Å². The molecule has 1 aliphatic rings. The number of thiocarbonyl (C=S) groups is 1. The summed E-state index contributed by atoms with van der Waals surface area (Å²) in [4.78, 5) is 12.0. The molecule has 10 heteroatoms. The van der Waals surface area contributed by atoms with E-state index in [1.807, 2.05) is 4.90 Å². The van der Waals surface area contributed by atoms with Gasteiger partial charge in [-0.2, -0.15) is 0 Å². The molecule has 0 bridgehead atoms. The number of rotatable bonds is 6. The van der Waals surface area contributed by atoms with Crippen LogP contribution >= 0.6 is 12.2 Å². The predicted octanol–water partition coefficient (Wildman–Crippen LogP) is 1.43. The molecule has 1 aromatic carbocycles. The van der Waals surface area contributed by atoms with Gasteiger partial charge in [0.1, 0.15) is 0 Å². The Balaban J connectivity index is 2.08. The number of nitro groups is 1. The Morgan fingerprint density at radius 1 is 1.46 bits per heavy atom. The average molecular weight is 373 g/mol. The first-order chi connectivity index (χ1) is 11.3. The summed E-state index contributed by atoms with van der Waals surface area (Å²) in [7, 11) is -1.47. The van der Waals surface area contributed by atoms with Gasteiger partial charge in [-0.3, -0.25) is 10.1 Å². The van der Waals surface area contributed by atoms with Crippen LogP contribution in [0.2, 0.25) is 0 Å². The molecule has 8 nitrogen and oxygen atoms in total. The largest absolute Gasteiger partial charge is 0.383 e. The van der Waals surface area contributed by atoms with Crippen LogP contribution in [0.1, 0.15) is 6.42 Å². The molecule has 1 saturated heterocycles. The van der Waals surface area contributed by atoms with Crippen molar-refractivity contribution in [3.05, 3.63) is 34.4 Å². The lowest BCUT2D eigenvalue weighted by atomic mass is 10.2. The Bertz CT molecular complexity index is 706. The lowest BCUT2D eigenvalue weighted by molar-refractivity contribution is -0.384. The summed E-state index contributed by atoms with van der Waals surface area (Å²) in [5, 5.41) is 14.1. The van der Waals surface area contributed by atoms with Crippen LogP contribution in [0.25, 0.3) is 0 Å². The van der Waals surface area contributed by atoms with Crippen molar-refractivity contribution in [2.45, 2.75) is 12.5 Å². The number of sulfone groups is 1. The lowest BCUT2D eigenvalue weighted by Gasteiger charge is -2.30. The molecule has 1 fully saturated rings. The molecule has 24 heavy (non-hydrogen) atoms. The van der Waals surface area contributed by atoms with Crippen molar-refractivity contribution in [1.29, 1.82) is 0 Å². The van der Waals surface area contributed by atoms with Crippen molar-refractivity contribution in [3.8, 4) is 0 Å². The van der Waals surface area contributed by atoms with Crippen molar-refractivity contribution >= 4 is 38.5 Å². The number of methoxy groups -OCH3 is 1. The molecule has 0 amide bonds. The second-order valence-electron chi connectivity index (χ2n) is 5.48. The Kier molecular flexibility index (Phi) is 6.08. The summed E-state index contributed by atoms with van der Waals surface area (Å²) in [6.45, 7) is 0.883. The first kappa shape index (κ1) is 18.6. The van der Waals surface area contributed by atoms with Gasteiger partial charge >= 0.3 is 0 Å². The fourth-order valence-corrected chi connectivity index (χ4v) is 4.61. The van der Waals surface area contributed by atoms with Gasteiger partial charge < -0.3 is 15.0 Å². The molecule has 1 atom stereocenters. The van der Waals surface area contributed by atoms with Gasteiger partial charge in [0.25, 0.3) is 5.69 Å². The molecule has 0 radical (unpaired) electrons. The van der Waals surface area contributed by atoms with Gasteiger partial charge in [0.15, 0.2) is 14.9 Å². The van der Waals surface area contributed by atoms with Gasteiger partial charge in [0.05, 0.1) is 23.0 Å². The Morgan fingerprint density at radius 3 is 2.62 bits per heavy atom. The molecular weight excluding hydrogens is 354 g/mol. The van der Waals surface area contributed by atoms with E-state index in [4.69, 9.17) is 17.0 Å². The fourth-order valence-electron chi connectivity index (χ4n) is 2.52. The number of anilines is 1. The Morgan fingerprint density at radius 2 is 2.12 bits per heavy atom. The molecule has 1 aliphatic heterocycles. The van der Waals surface area contributed by atoms with E-state index in [1.165, 1.54) is 12.1 Å². The molecule has 0 unspecified atom stereocenters. The molecule has 132 valence electrons. The summed E-state index contributed by atoms with van der Waals surface area (Å²) in [5.41, 5.74) is 0.596. The number of non-ortho nitro benzene ring substituents is 1. The maximum atomic E-state index is 11.7. The first-order valence-electron chi connectivity index (χ1n) is 7.34. The van der Waals surface area contributed by atoms with Crippen LogP contribution in [0.15, 0.2) is 24.3 Å². The third-order valence-electron chi connectivity index (χ3n) is 3.78. The van der Waals surface area contributed by atoms with Crippen LogP contribution in [0.5, 0.6) is 0 Å². The SMILES string of the molecule is COCCN(C(=S)Nc1ccc([N+](=O)[O-])cc1)[C@H]1CCS(=O)(=O)C1. The lowest BCUT2D eigenvalue weighted by Crippen LogP contribution is -2.45. The molecule has 0 aliphatic carbocycles. The zero-order valence-electron chi connectivity index (χ0n) is 13.2. The van der Waals surface area contributed by atoms with Gasteiger partial charge in [-0.15, -0.1) is 0 Å². The zero-order valence-corrected chi connectivity index (χ0v) is 14.8. The summed E-state index contributed by atoms with van der Waals surface area (Å²) in [6.07, 6.45) is 0.522. The number of nitrogens with zero attached hydrogens (tertiary/aromatic N) is 2. The number of hydrogen-bond acceptors (Lipinski definition) is 6. The van der Waals surface area contributed by atoms with E-state index in [0.717, 1.165) is 0 Å². The third kappa shape index (κ3) is 4.86. The summed E-state index contributed by atoms with van der Waals surface area (Å²) < 4.78 is 28.5. The van der Waals surface area contributed by atoms with Crippen LogP contribution in [-0.4, -0.2) is 61.2 Å². The highest BCUT2D eigenvalue weighted by Crippen LogP contribution is 2.20. The van der Waals surface area contributed by atoms with Crippen molar-refractivity contribution in [3.63, 3.8) is 0 Å². The predicted molar refractivity (Wildman–Crippen MR) is 95.0 cm³/mol. The quantitative estimate of drug-likeness (QED) is 0.454. The van der Waals surface area contributed by atoms with Gasteiger partial charge in [0.2, 0.25) is 0 Å². The minimum absolute atomic E-state index is 0.00964. The van der Waals surface area contributed by atoms with E-state index in [1.54, 1.807) is 19.2 Å². The van der Waals surface area contributed by atoms with E-state index in [-0.39, 0.29) is 23.2 Å². The molecular formula is C14H19N3O5S2. The topological polar surface area (TPSA) is 102 Å². The van der Waals surface area contributed by atoms with Crippen molar-refractivity contribution in [2.75, 3.05) is 37.1 Å². The number of nitrogens with one attached hydrogen (secondary N) is 1. The van der Waals surface area contributed by atoms with Crippen LogP contribution in [0, 0.1) is 10.1 Å². The Labute approximate surface area is 145 Å². The second-order valence-corrected chi connectivity index (χ2v) is 8.09. The van der Waals surface area contributed by atoms with E-state index >= 15 is 0 Å². The van der Waals surface area contributed by atoms with Gasteiger partial charge in [-0.1, -0.05) is 0 Å². The maximum Gasteiger partial charge on any atom is 0.269 e. The van der Waals surface area contributed by atoms with Crippen molar-refractivity contribution < 1.29 is 18.1 Å². The molecule has 1 heterocycles. The highest BCUT2D eigenvalue weighted by molar-refractivity contribution is 7.91. The first-order valence-corrected chi connectivity index (χ1v) is 9.57. The van der Waals surface area contributed by atoms with E-state index in [0.29, 0.717) is 30.4 Å². The van der Waals surface area contributed by atoms with Gasteiger partial charge in [-0.05, 0) is 30.8 Å². The molecule has 1 aromatic rings. The van der Waals surface area contributed by atoms with E-state index < -0.39 is 14.8 Å². The van der Waals surface area contributed by atoms with E-state index in [2.05, 4.69) is 5.32 Å². The molecule has 1 N–H and O–H groups in total. The van der Waals surface area contributed by atoms with Crippen LogP contribution in [-0.2, 0) is 14.6 Å². The van der Waals surface area contributed by atoms with Crippen LogP contribution < -0.4 is 5.32 Å². The molecule has 0 spiro atoms. The molecule has 2 rings (SSSR count). The maximum absolute atomic E-state index is 11.7. The van der Waals surface area contributed by atoms with Crippen molar-refractivity contribution in [1.82, 2.24) is 4.90 Å². The third-order valence-corrected chi connectivity index (χ3v) is 5.86. The van der Waals surface area contributed by atoms with Crippen molar-refractivity contribution in [2.24, 2.45) is 0 Å². The number of hydrogen-bond donors (Lipinski definition) is 1. The Hall–Kier alpha value is -1.78. The summed E-state index contributed by atoms with van der Waals surface area (Å²) in [6, 6.07) is 5.69. The highest BCUT2D eigenvalue weighted by atomic mass is 32.2. The minimum Gasteiger partial charge on any atom is -0.383 e. The summed E-state index contributed by atoms with van der Waals surface area (Å²) >= 11 is 5.40. The van der Waals surface area contributed by atoms with Crippen LogP contribution in [0.4, 0.5) is 11.4 Å². The molecule has 0 aromatic heterocycles. The van der Waals surface area contributed by atoms with Gasteiger partial charge in [-0.25, -0.2) is 8.42 Å². The monoisotopic (exact) mass is 373 g/mol.